The molecule has 0 bridgehead atoms. The van der Waals surface area contributed by atoms with Crippen LogP contribution in [0.4, 0.5) is 0 Å². The first-order valence-electron chi connectivity index (χ1n) is 10.5. The Morgan fingerprint density at radius 2 is 2.10 bits per heavy atom. The van der Waals surface area contributed by atoms with Crippen molar-refractivity contribution < 1.29 is 4.74 Å². The molecule has 0 aromatic carbocycles. The van der Waals surface area contributed by atoms with Crippen molar-refractivity contribution in [2.45, 2.75) is 64.6 Å². The highest BCUT2D eigenvalue weighted by molar-refractivity contribution is 14.0. The second-order valence-electron chi connectivity index (χ2n) is 8.15. The standard InChI is InChI=1S/C22H34N6O.HI/c1-16(2)21-18(15-28(5)26-21)14-27(4)22(23-3)25-13-17-10-11-24-20(12-17)29-19-8-6-7-9-19;/h10-12,15-16,19H,6-9,13-14H2,1-5H3,(H,23,25);1H. The van der Waals surface area contributed by atoms with Crippen LogP contribution in [-0.4, -0.2) is 45.8 Å². The molecule has 0 amide bonds. The van der Waals surface area contributed by atoms with Crippen LogP contribution in [0.1, 0.15) is 62.3 Å². The molecule has 0 atom stereocenters. The van der Waals surface area contributed by atoms with Crippen molar-refractivity contribution in [2.24, 2.45) is 12.0 Å². The summed E-state index contributed by atoms with van der Waals surface area (Å²) < 4.78 is 7.91. The number of halogens is 1. The number of aliphatic imine (C=N–C) groups is 1. The van der Waals surface area contributed by atoms with Crippen molar-refractivity contribution in [3.8, 4) is 5.88 Å². The molecule has 0 spiro atoms. The third kappa shape index (κ3) is 6.58. The molecule has 0 radical (unpaired) electrons. The molecular weight excluding hydrogens is 491 g/mol. The minimum Gasteiger partial charge on any atom is -0.474 e. The number of hydrogen-bond donors (Lipinski definition) is 1. The number of hydrogen-bond acceptors (Lipinski definition) is 4. The fourth-order valence-corrected chi connectivity index (χ4v) is 3.86. The molecule has 1 N–H and O–H groups in total. The Kier molecular flexibility index (Phi) is 9.38. The van der Waals surface area contributed by atoms with Gasteiger partial charge in [-0.05, 0) is 43.2 Å². The zero-order valence-electron chi connectivity index (χ0n) is 18.8. The van der Waals surface area contributed by atoms with Gasteiger partial charge < -0.3 is 15.0 Å². The molecule has 166 valence electrons. The highest BCUT2D eigenvalue weighted by atomic mass is 127. The van der Waals surface area contributed by atoms with Crippen LogP contribution in [0.3, 0.4) is 0 Å². The lowest BCUT2D eigenvalue weighted by Crippen LogP contribution is -2.38. The summed E-state index contributed by atoms with van der Waals surface area (Å²) in [5.74, 6) is 1.96. The molecule has 3 rings (SSSR count). The van der Waals surface area contributed by atoms with E-state index in [9.17, 15) is 0 Å². The molecule has 0 saturated heterocycles. The quantitative estimate of drug-likeness (QED) is 0.335. The van der Waals surface area contributed by atoms with Crippen LogP contribution in [0.2, 0.25) is 0 Å². The summed E-state index contributed by atoms with van der Waals surface area (Å²) in [5.41, 5.74) is 3.49. The highest BCUT2D eigenvalue weighted by Crippen LogP contribution is 2.23. The minimum atomic E-state index is 0. The van der Waals surface area contributed by atoms with Gasteiger partial charge in [-0.1, -0.05) is 13.8 Å². The third-order valence-electron chi connectivity index (χ3n) is 5.30. The average Bonchev–Trinajstić information content (AvgIpc) is 3.32. The van der Waals surface area contributed by atoms with Gasteiger partial charge in [0, 0.05) is 58.3 Å². The molecule has 1 aliphatic rings. The Hall–Kier alpha value is -1.84. The Morgan fingerprint density at radius 1 is 1.37 bits per heavy atom. The summed E-state index contributed by atoms with van der Waals surface area (Å²) in [6.07, 6.45) is 9.00. The number of guanidine groups is 1. The van der Waals surface area contributed by atoms with Gasteiger partial charge in [0.05, 0.1) is 5.69 Å². The van der Waals surface area contributed by atoms with Crippen LogP contribution in [0.5, 0.6) is 5.88 Å². The van der Waals surface area contributed by atoms with Gasteiger partial charge in [0.1, 0.15) is 6.10 Å². The summed E-state index contributed by atoms with van der Waals surface area (Å²) in [6, 6.07) is 4.04. The summed E-state index contributed by atoms with van der Waals surface area (Å²) in [4.78, 5) is 10.9. The molecule has 1 fully saturated rings. The lowest BCUT2D eigenvalue weighted by molar-refractivity contribution is 0.201. The topological polar surface area (TPSA) is 67.6 Å². The van der Waals surface area contributed by atoms with Crippen LogP contribution in [-0.2, 0) is 20.1 Å². The van der Waals surface area contributed by atoms with Gasteiger partial charge in [-0.25, -0.2) is 4.98 Å². The minimum absolute atomic E-state index is 0. The molecule has 30 heavy (non-hydrogen) atoms. The van der Waals surface area contributed by atoms with E-state index in [2.05, 4.69) is 45.3 Å². The van der Waals surface area contributed by atoms with E-state index in [0.717, 1.165) is 42.5 Å². The van der Waals surface area contributed by atoms with Crippen molar-refractivity contribution in [3.05, 3.63) is 41.3 Å². The number of ether oxygens (including phenoxy) is 1. The van der Waals surface area contributed by atoms with Gasteiger partial charge in [-0.3, -0.25) is 9.67 Å². The molecule has 7 nitrogen and oxygen atoms in total. The SMILES string of the molecule is CN=C(NCc1ccnc(OC2CCCC2)c1)N(C)Cc1cn(C)nc1C(C)C.I. The number of pyridine rings is 1. The van der Waals surface area contributed by atoms with E-state index in [1.54, 1.807) is 0 Å². The van der Waals surface area contributed by atoms with Gasteiger partial charge >= 0.3 is 0 Å². The van der Waals surface area contributed by atoms with E-state index < -0.39 is 0 Å². The Morgan fingerprint density at radius 3 is 2.77 bits per heavy atom. The predicted molar refractivity (Wildman–Crippen MR) is 131 cm³/mol. The van der Waals surface area contributed by atoms with Crippen molar-refractivity contribution in [1.82, 2.24) is 25.0 Å². The summed E-state index contributed by atoms with van der Waals surface area (Å²) in [5, 5.41) is 8.05. The van der Waals surface area contributed by atoms with Crippen LogP contribution in [0.15, 0.2) is 29.5 Å². The zero-order valence-corrected chi connectivity index (χ0v) is 21.1. The second-order valence-corrected chi connectivity index (χ2v) is 8.15. The number of nitrogens with one attached hydrogen (secondary N) is 1. The first-order valence-corrected chi connectivity index (χ1v) is 10.5. The van der Waals surface area contributed by atoms with Gasteiger partial charge in [0.2, 0.25) is 5.88 Å². The predicted octanol–water partition coefficient (Wildman–Crippen LogP) is 4.09. The van der Waals surface area contributed by atoms with Crippen LogP contribution >= 0.6 is 24.0 Å². The Bertz CT molecular complexity index is 829. The summed E-state index contributed by atoms with van der Waals surface area (Å²) in [6.45, 7) is 5.78. The maximum atomic E-state index is 6.02. The molecule has 2 aromatic heterocycles. The highest BCUT2D eigenvalue weighted by Gasteiger charge is 2.17. The van der Waals surface area contributed by atoms with Gasteiger partial charge in [0.25, 0.3) is 0 Å². The first kappa shape index (κ1) is 24.4. The molecule has 0 unspecified atom stereocenters. The van der Waals surface area contributed by atoms with Crippen molar-refractivity contribution in [2.75, 3.05) is 14.1 Å². The fourth-order valence-electron chi connectivity index (χ4n) is 3.86. The lowest BCUT2D eigenvalue weighted by Gasteiger charge is -2.22. The fraction of sp³-hybridized carbons (Fsp3) is 0.591. The number of aryl methyl sites for hydroxylation is 1. The van der Waals surface area contributed by atoms with Crippen molar-refractivity contribution >= 4 is 29.9 Å². The van der Waals surface area contributed by atoms with E-state index in [-0.39, 0.29) is 24.0 Å². The third-order valence-corrected chi connectivity index (χ3v) is 5.30. The van der Waals surface area contributed by atoms with E-state index in [0.29, 0.717) is 18.6 Å². The largest absolute Gasteiger partial charge is 0.474 e. The molecular formula is C22H35IN6O. The Labute approximate surface area is 197 Å². The van der Waals surface area contributed by atoms with Crippen LogP contribution in [0.25, 0.3) is 0 Å². The van der Waals surface area contributed by atoms with E-state index in [4.69, 9.17) is 4.74 Å². The maximum Gasteiger partial charge on any atom is 0.213 e. The summed E-state index contributed by atoms with van der Waals surface area (Å²) >= 11 is 0. The van der Waals surface area contributed by atoms with Gasteiger partial charge in [-0.15, -0.1) is 24.0 Å². The average molecular weight is 526 g/mol. The number of rotatable bonds is 7. The van der Waals surface area contributed by atoms with E-state index >= 15 is 0 Å². The number of aromatic nitrogens is 3. The molecule has 1 aliphatic carbocycles. The van der Waals surface area contributed by atoms with Crippen LogP contribution < -0.4 is 10.1 Å². The smallest absolute Gasteiger partial charge is 0.213 e. The van der Waals surface area contributed by atoms with Crippen molar-refractivity contribution in [1.29, 1.82) is 0 Å². The molecule has 2 aromatic rings. The van der Waals surface area contributed by atoms with Gasteiger partial charge in [-0.2, -0.15) is 5.10 Å². The number of nitrogens with zero attached hydrogens (tertiary/aromatic N) is 5. The van der Waals surface area contributed by atoms with Gasteiger partial charge in [0.15, 0.2) is 5.96 Å². The summed E-state index contributed by atoms with van der Waals surface area (Å²) in [7, 11) is 5.83. The monoisotopic (exact) mass is 526 g/mol. The van der Waals surface area contributed by atoms with Crippen LogP contribution in [0, 0.1) is 0 Å². The van der Waals surface area contributed by atoms with E-state index in [1.165, 1.54) is 18.4 Å². The normalized spacial score (nSPS) is 14.7. The van der Waals surface area contributed by atoms with E-state index in [1.807, 2.05) is 44.2 Å². The molecule has 0 aliphatic heterocycles. The zero-order chi connectivity index (χ0) is 20.8. The first-order chi connectivity index (χ1) is 14.0. The second kappa shape index (κ2) is 11.5. The van der Waals surface area contributed by atoms with Crippen molar-refractivity contribution in [3.63, 3.8) is 0 Å². The maximum absolute atomic E-state index is 6.02. The molecule has 2 heterocycles. The lowest BCUT2D eigenvalue weighted by atomic mass is 10.1. The molecule has 1 saturated carbocycles. The molecule has 8 heteroatoms. The Balaban J connectivity index is 0.00000320.